The van der Waals surface area contributed by atoms with E-state index >= 15 is 0 Å². The Morgan fingerprint density at radius 2 is 2.12 bits per heavy atom. The van der Waals surface area contributed by atoms with Gasteiger partial charge < -0.3 is 15.2 Å². The SMILES string of the molecule is Cc1cccc(N2CCCC(NC(=O)c3ccc(C)[nH]c3=O)C2)n1. The number of carbonyl (C=O) groups is 1. The maximum atomic E-state index is 12.4. The average Bonchev–Trinajstić information content (AvgIpc) is 2.55. The van der Waals surface area contributed by atoms with Crippen LogP contribution in [-0.4, -0.2) is 35.0 Å². The Balaban J connectivity index is 1.69. The van der Waals surface area contributed by atoms with E-state index in [1.165, 1.54) is 0 Å². The summed E-state index contributed by atoms with van der Waals surface area (Å²) in [5, 5.41) is 2.98. The molecule has 1 aliphatic heterocycles. The molecule has 1 amide bonds. The molecule has 24 heavy (non-hydrogen) atoms. The zero-order valence-corrected chi connectivity index (χ0v) is 14.0. The van der Waals surface area contributed by atoms with E-state index in [1.54, 1.807) is 19.1 Å². The van der Waals surface area contributed by atoms with Gasteiger partial charge in [0.1, 0.15) is 11.4 Å². The summed E-state index contributed by atoms with van der Waals surface area (Å²) in [6.07, 6.45) is 1.88. The van der Waals surface area contributed by atoms with E-state index in [9.17, 15) is 9.59 Å². The smallest absolute Gasteiger partial charge is 0.260 e. The normalized spacial score (nSPS) is 17.6. The minimum Gasteiger partial charge on any atom is -0.355 e. The molecule has 6 heteroatoms. The summed E-state index contributed by atoms with van der Waals surface area (Å²) >= 11 is 0. The van der Waals surface area contributed by atoms with Gasteiger partial charge in [-0.3, -0.25) is 9.59 Å². The summed E-state index contributed by atoms with van der Waals surface area (Å²) in [6.45, 7) is 5.38. The van der Waals surface area contributed by atoms with E-state index in [2.05, 4.69) is 20.2 Å². The van der Waals surface area contributed by atoms with Gasteiger partial charge in [0.2, 0.25) is 0 Å². The molecule has 0 aliphatic carbocycles. The van der Waals surface area contributed by atoms with Gasteiger partial charge in [-0.1, -0.05) is 6.07 Å². The van der Waals surface area contributed by atoms with Crippen LogP contribution in [0.5, 0.6) is 0 Å². The van der Waals surface area contributed by atoms with Gasteiger partial charge in [-0.25, -0.2) is 4.98 Å². The third kappa shape index (κ3) is 3.64. The molecule has 2 aromatic heterocycles. The second kappa shape index (κ2) is 6.86. The van der Waals surface area contributed by atoms with Crippen molar-refractivity contribution in [2.75, 3.05) is 18.0 Å². The van der Waals surface area contributed by atoms with Gasteiger partial charge in [0.25, 0.3) is 11.5 Å². The van der Waals surface area contributed by atoms with Crippen LogP contribution in [0.15, 0.2) is 35.1 Å². The van der Waals surface area contributed by atoms with Crippen LogP contribution in [0, 0.1) is 13.8 Å². The number of aryl methyl sites for hydroxylation is 2. The molecule has 0 spiro atoms. The van der Waals surface area contributed by atoms with Gasteiger partial charge in [0, 0.05) is 30.5 Å². The maximum absolute atomic E-state index is 12.4. The molecule has 2 N–H and O–H groups in total. The minimum atomic E-state index is -0.347. The van der Waals surface area contributed by atoms with E-state index in [4.69, 9.17) is 0 Å². The van der Waals surface area contributed by atoms with E-state index in [0.29, 0.717) is 6.54 Å². The van der Waals surface area contributed by atoms with Crippen molar-refractivity contribution >= 4 is 11.7 Å². The highest BCUT2D eigenvalue weighted by Crippen LogP contribution is 2.18. The Morgan fingerprint density at radius 3 is 2.88 bits per heavy atom. The second-order valence-corrected chi connectivity index (χ2v) is 6.28. The fourth-order valence-corrected chi connectivity index (χ4v) is 3.02. The van der Waals surface area contributed by atoms with Crippen molar-refractivity contribution in [3.8, 4) is 0 Å². The van der Waals surface area contributed by atoms with Gasteiger partial charge in [-0.15, -0.1) is 0 Å². The third-order valence-electron chi connectivity index (χ3n) is 4.25. The van der Waals surface area contributed by atoms with Crippen molar-refractivity contribution in [1.29, 1.82) is 0 Å². The van der Waals surface area contributed by atoms with Crippen LogP contribution in [0.2, 0.25) is 0 Å². The zero-order valence-electron chi connectivity index (χ0n) is 14.0. The van der Waals surface area contributed by atoms with Crippen molar-refractivity contribution in [2.45, 2.75) is 32.7 Å². The molecule has 3 heterocycles. The number of carbonyl (C=O) groups excluding carboxylic acids is 1. The molecule has 1 unspecified atom stereocenters. The fraction of sp³-hybridized carbons (Fsp3) is 0.389. The first-order valence-corrected chi connectivity index (χ1v) is 8.22. The number of pyridine rings is 2. The highest BCUT2D eigenvalue weighted by molar-refractivity contribution is 5.94. The zero-order chi connectivity index (χ0) is 17.1. The summed E-state index contributed by atoms with van der Waals surface area (Å²) in [7, 11) is 0. The second-order valence-electron chi connectivity index (χ2n) is 6.28. The van der Waals surface area contributed by atoms with Gasteiger partial charge in [-0.05, 0) is 51.0 Å². The van der Waals surface area contributed by atoms with Crippen molar-refractivity contribution in [1.82, 2.24) is 15.3 Å². The summed E-state index contributed by atoms with van der Waals surface area (Å²) in [5.74, 6) is 0.613. The number of nitrogens with one attached hydrogen (secondary N) is 2. The quantitative estimate of drug-likeness (QED) is 0.901. The molecule has 1 aliphatic rings. The van der Waals surface area contributed by atoms with Gasteiger partial charge in [0.05, 0.1) is 0 Å². The largest absolute Gasteiger partial charge is 0.355 e. The third-order valence-corrected chi connectivity index (χ3v) is 4.25. The Hall–Kier alpha value is -2.63. The first kappa shape index (κ1) is 16.2. The van der Waals surface area contributed by atoms with E-state index in [0.717, 1.165) is 36.6 Å². The molecule has 126 valence electrons. The lowest BCUT2D eigenvalue weighted by Crippen LogP contribution is -2.48. The summed E-state index contributed by atoms with van der Waals surface area (Å²) in [4.78, 5) is 33.7. The lowest BCUT2D eigenvalue weighted by Gasteiger charge is -2.34. The number of aromatic amines is 1. The van der Waals surface area contributed by atoms with Gasteiger partial charge in [-0.2, -0.15) is 0 Å². The summed E-state index contributed by atoms with van der Waals surface area (Å²) in [6, 6.07) is 9.27. The summed E-state index contributed by atoms with van der Waals surface area (Å²) in [5.41, 5.74) is 1.53. The van der Waals surface area contributed by atoms with Crippen LogP contribution < -0.4 is 15.8 Å². The maximum Gasteiger partial charge on any atom is 0.260 e. The fourth-order valence-electron chi connectivity index (χ4n) is 3.02. The first-order chi connectivity index (χ1) is 11.5. The molecular formula is C18H22N4O2. The Labute approximate surface area is 140 Å². The van der Waals surface area contributed by atoms with Gasteiger partial charge in [0.15, 0.2) is 0 Å². The minimum absolute atomic E-state index is 0.00858. The highest BCUT2D eigenvalue weighted by atomic mass is 16.2. The molecule has 0 bridgehead atoms. The number of aromatic nitrogens is 2. The number of hydrogen-bond donors (Lipinski definition) is 2. The number of rotatable bonds is 3. The molecule has 6 nitrogen and oxygen atoms in total. The van der Waals surface area contributed by atoms with E-state index < -0.39 is 0 Å². The lowest BCUT2D eigenvalue weighted by molar-refractivity contribution is 0.0931. The summed E-state index contributed by atoms with van der Waals surface area (Å²) < 4.78 is 0. The number of piperidine rings is 1. The topological polar surface area (TPSA) is 78.1 Å². The lowest BCUT2D eigenvalue weighted by atomic mass is 10.0. The molecule has 0 aromatic carbocycles. The molecule has 0 saturated carbocycles. The van der Waals surface area contributed by atoms with Crippen LogP contribution in [0.4, 0.5) is 5.82 Å². The average molecular weight is 326 g/mol. The molecular weight excluding hydrogens is 304 g/mol. The van der Waals surface area contributed by atoms with Crippen molar-refractivity contribution in [2.24, 2.45) is 0 Å². The Morgan fingerprint density at radius 1 is 1.29 bits per heavy atom. The van der Waals surface area contributed by atoms with Crippen LogP contribution in [-0.2, 0) is 0 Å². The number of H-pyrrole nitrogens is 1. The van der Waals surface area contributed by atoms with Crippen LogP contribution in [0.25, 0.3) is 0 Å². The Bertz CT molecular complexity index is 800. The molecule has 1 fully saturated rings. The predicted molar refractivity (Wildman–Crippen MR) is 93.5 cm³/mol. The molecule has 1 saturated heterocycles. The number of amides is 1. The number of hydrogen-bond acceptors (Lipinski definition) is 4. The molecule has 0 radical (unpaired) electrons. The molecule has 3 rings (SSSR count). The first-order valence-electron chi connectivity index (χ1n) is 8.22. The van der Waals surface area contributed by atoms with Crippen LogP contribution >= 0.6 is 0 Å². The van der Waals surface area contributed by atoms with Crippen molar-refractivity contribution in [3.63, 3.8) is 0 Å². The van der Waals surface area contributed by atoms with Gasteiger partial charge >= 0.3 is 0 Å². The van der Waals surface area contributed by atoms with Crippen molar-refractivity contribution < 1.29 is 4.79 Å². The van der Waals surface area contributed by atoms with Crippen LogP contribution in [0.1, 0.15) is 34.6 Å². The van der Waals surface area contributed by atoms with Crippen LogP contribution in [0.3, 0.4) is 0 Å². The van der Waals surface area contributed by atoms with E-state index in [-0.39, 0.29) is 23.1 Å². The standard InChI is InChI=1S/C18H22N4O2/c1-12-5-3-7-16(19-12)22-10-4-6-14(11-22)21-18(24)15-9-8-13(2)20-17(15)23/h3,5,7-9,14H,4,6,10-11H2,1-2H3,(H,20,23)(H,21,24). The van der Waals surface area contributed by atoms with Crippen molar-refractivity contribution in [3.05, 3.63) is 57.6 Å². The molecule has 2 aromatic rings. The predicted octanol–water partition coefficient (Wildman–Crippen LogP) is 1.79. The molecule has 1 atom stereocenters. The number of anilines is 1. The monoisotopic (exact) mass is 326 g/mol. The Kier molecular flexibility index (Phi) is 4.64. The highest BCUT2D eigenvalue weighted by Gasteiger charge is 2.23. The van der Waals surface area contributed by atoms with E-state index in [1.807, 2.05) is 25.1 Å². The number of nitrogens with zero attached hydrogens (tertiary/aromatic N) is 2.